The summed E-state index contributed by atoms with van der Waals surface area (Å²) in [5, 5.41) is 11.6. The predicted octanol–water partition coefficient (Wildman–Crippen LogP) is 3.61. The average Bonchev–Trinajstić information content (AvgIpc) is 2.92. The number of amides is 3. The Labute approximate surface area is 170 Å². The van der Waals surface area contributed by atoms with Crippen LogP contribution in [0.1, 0.15) is 12.5 Å². The Balaban J connectivity index is 1.71. The van der Waals surface area contributed by atoms with Gasteiger partial charge in [0, 0.05) is 5.69 Å². The van der Waals surface area contributed by atoms with E-state index in [-0.39, 0.29) is 22.1 Å². The highest BCUT2D eigenvalue weighted by molar-refractivity contribution is 8.18. The smallest absolute Gasteiger partial charge is 0.294 e. The molecule has 150 valence electrons. The second-order valence-corrected chi connectivity index (χ2v) is 6.98. The lowest BCUT2D eigenvalue weighted by molar-refractivity contribution is -0.127. The van der Waals surface area contributed by atoms with Gasteiger partial charge in [-0.2, -0.15) is 0 Å². The van der Waals surface area contributed by atoms with Crippen molar-refractivity contribution in [3.8, 4) is 11.5 Å². The van der Waals surface area contributed by atoms with Crippen LogP contribution in [0.15, 0.2) is 47.4 Å². The van der Waals surface area contributed by atoms with Crippen LogP contribution in [0.5, 0.6) is 11.5 Å². The molecule has 0 atom stereocenters. The summed E-state index contributed by atoms with van der Waals surface area (Å²) < 4.78 is 18.5. The summed E-state index contributed by atoms with van der Waals surface area (Å²) in [5.74, 6) is -1.53. The number of hydrogen-bond acceptors (Lipinski definition) is 6. The number of carbonyl (C=O) groups is 3. The molecular weight excluding hydrogens is 399 g/mol. The van der Waals surface area contributed by atoms with Gasteiger partial charge in [0.25, 0.3) is 11.1 Å². The number of nitrogens with one attached hydrogen (secondary N) is 1. The number of benzene rings is 2. The van der Waals surface area contributed by atoms with Gasteiger partial charge < -0.3 is 15.2 Å². The SMILES string of the molecule is CCOc1cc(/C=C2/SC(=O)N(CC(=O)Nc3cccc(F)c3)C2=O)ccc1O. The maximum atomic E-state index is 13.2. The van der Waals surface area contributed by atoms with E-state index in [1.54, 1.807) is 19.1 Å². The van der Waals surface area contributed by atoms with Gasteiger partial charge in [-0.1, -0.05) is 12.1 Å². The monoisotopic (exact) mass is 416 g/mol. The zero-order chi connectivity index (χ0) is 21.0. The van der Waals surface area contributed by atoms with E-state index in [0.29, 0.717) is 23.9 Å². The van der Waals surface area contributed by atoms with Gasteiger partial charge in [-0.3, -0.25) is 19.3 Å². The fraction of sp³-hybridized carbons (Fsp3) is 0.150. The van der Waals surface area contributed by atoms with E-state index in [0.717, 1.165) is 11.0 Å². The average molecular weight is 416 g/mol. The van der Waals surface area contributed by atoms with Crippen molar-refractivity contribution in [3.63, 3.8) is 0 Å². The van der Waals surface area contributed by atoms with Crippen molar-refractivity contribution in [2.45, 2.75) is 6.92 Å². The Hall–Kier alpha value is -3.33. The Morgan fingerprint density at radius 2 is 2.07 bits per heavy atom. The first-order chi connectivity index (χ1) is 13.9. The van der Waals surface area contributed by atoms with E-state index < -0.39 is 29.4 Å². The molecule has 2 aromatic carbocycles. The minimum absolute atomic E-state index is 0.0360. The second-order valence-electron chi connectivity index (χ2n) is 5.99. The molecule has 1 aliphatic heterocycles. The van der Waals surface area contributed by atoms with Crippen molar-refractivity contribution in [1.82, 2.24) is 4.90 Å². The number of halogens is 1. The van der Waals surface area contributed by atoms with Crippen LogP contribution in [0.2, 0.25) is 0 Å². The highest BCUT2D eigenvalue weighted by Gasteiger charge is 2.36. The number of phenolic OH excluding ortho intramolecular Hbond substituents is 1. The molecule has 0 unspecified atom stereocenters. The van der Waals surface area contributed by atoms with Gasteiger partial charge in [-0.15, -0.1) is 0 Å². The van der Waals surface area contributed by atoms with Crippen LogP contribution in [-0.2, 0) is 9.59 Å². The molecule has 0 radical (unpaired) electrons. The van der Waals surface area contributed by atoms with Gasteiger partial charge in [0.05, 0.1) is 11.5 Å². The minimum atomic E-state index is -0.623. The first kappa shape index (κ1) is 20.4. The molecule has 2 aromatic rings. The number of phenols is 1. The number of ether oxygens (including phenoxy) is 1. The van der Waals surface area contributed by atoms with Crippen LogP contribution < -0.4 is 10.1 Å². The van der Waals surface area contributed by atoms with Gasteiger partial charge in [0.2, 0.25) is 5.91 Å². The fourth-order valence-corrected chi connectivity index (χ4v) is 3.43. The zero-order valence-electron chi connectivity index (χ0n) is 15.3. The molecule has 29 heavy (non-hydrogen) atoms. The third kappa shape index (κ3) is 4.94. The maximum Gasteiger partial charge on any atom is 0.294 e. The molecule has 2 N–H and O–H groups in total. The van der Waals surface area contributed by atoms with Gasteiger partial charge >= 0.3 is 0 Å². The van der Waals surface area contributed by atoms with Crippen molar-refractivity contribution >= 4 is 40.6 Å². The number of carbonyl (C=O) groups excluding carboxylic acids is 3. The third-order valence-electron chi connectivity index (χ3n) is 3.87. The third-order valence-corrected chi connectivity index (χ3v) is 4.77. The van der Waals surface area contributed by atoms with Crippen LogP contribution in [0, 0.1) is 5.82 Å². The first-order valence-electron chi connectivity index (χ1n) is 8.64. The summed E-state index contributed by atoms with van der Waals surface area (Å²) >= 11 is 0.706. The molecule has 1 fully saturated rings. The Morgan fingerprint density at radius 1 is 1.28 bits per heavy atom. The molecule has 0 aliphatic carbocycles. The topological polar surface area (TPSA) is 95.9 Å². The molecule has 7 nitrogen and oxygen atoms in total. The minimum Gasteiger partial charge on any atom is -0.504 e. The highest BCUT2D eigenvalue weighted by atomic mass is 32.2. The van der Waals surface area contributed by atoms with Crippen molar-refractivity contribution in [3.05, 3.63) is 58.8 Å². The second kappa shape index (κ2) is 8.78. The van der Waals surface area contributed by atoms with Crippen LogP contribution in [0.3, 0.4) is 0 Å². The van der Waals surface area contributed by atoms with Gasteiger partial charge in [0.1, 0.15) is 12.4 Å². The Morgan fingerprint density at radius 3 is 2.79 bits per heavy atom. The number of imide groups is 1. The molecule has 0 aromatic heterocycles. The lowest BCUT2D eigenvalue weighted by atomic mass is 10.2. The van der Waals surface area contributed by atoms with E-state index in [1.165, 1.54) is 30.3 Å². The van der Waals surface area contributed by atoms with Crippen LogP contribution in [-0.4, -0.2) is 40.2 Å². The predicted molar refractivity (Wildman–Crippen MR) is 107 cm³/mol. The number of hydrogen-bond donors (Lipinski definition) is 2. The molecule has 3 amide bonds. The largest absolute Gasteiger partial charge is 0.504 e. The van der Waals surface area contributed by atoms with Gasteiger partial charge in [-0.25, -0.2) is 4.39 Å². The fourth-order valence-electron chi connectivity index (χ4n) is 2.59. The van der Waals surface area contributed by atoms with Gasteiger partial charge in [0.15, 0.2) is 11.5 Å². The van der Waals surface area contributed by atoms with E-state index in [2.05, 4.69) is 5.32 Å². The first-order valence-corrected chi connectivity index (χ1v) is 9.45. The van der Waals surface area contributed by atoms with Crippen LogP contribution in [0.25, 0.3) is 6.08 Å². The highest BCUT2D eigenvalue weighted by Crippen LogP contribution is 2.34. The maximum absolute atomic E-state index is 13.2. The van der Waals surface area contributed by atoms with Crippen molar-refractivity contribution in [1.29, 1.82) is 0 Å². The molecule has 9 heteroatoms. The summed E-state index contributed by atoms with van der Waals surface area (Å²) in [6, 6.07) is 9.83. The van der Waals surface area contributed by atoms with E-state index in [1.807, 2.05) is 0 Å². The summed E-state index contributed by atoms with van der Waals surface area (Å²) in [6.07, 6.45) is 1.48. The normalized spacial score (nSPS) is 15.1. The number of rotatable bonds is 6. The number of thioether (sulfide) groups is 1. The van der Waals surface area contributed by atoms with E-state index in [9.17, 15) is 23.9 Å². The summed E-state index contributed by atoms with van der Waals surface area (Å²) in [5.41, 5.74) is 0.783. The summed E-state index contributed by atoms with van der Waals surface area (Å²) in [4.78, 5) is 37.8. The molecule has 0 spiro atoms. The number of nitrogens with zero attached hydrogens (tertiary/aromatic N) is 1. The molecule has 1 saturated heterocycles. The number of anilines is 1. The molecular formula is C20H17FN2O5S. The summed E-state index contributed by atoms with van der Waals surface area (Å²) in [7, 11) is 0. The Kier molecular flexibility index (Phi) is 6.18. The van der Waals surface area contributed by atoms with Gasteiger partial charge in [-0.05, 0) is 60.7 Å². The molecule has 0 bridgehead atoms. The van der Waals surface area contributed by atoms with Crippen molar-refractivity contribution in [2.75, 3.05) is 18.5 Å². The van der Waals surface area contributed by atoms with Crippen LogP contribution in [0.4, 0.5) is 14.9 Å². The molecule has 0 saturated carbocycles. The zero-order valence-corrected chi connectivity index (χ0v) is 16.2. The van der Waals surface area contributed by atoms with Crippen molar-refractivity contribution < 1.29 is 28.6 Å². The van der Waals surface area contributed by atoms with E-state index >= 15 is 0 Å². The number of aromatic hydroxyl groups is 1. The van der Waals surface area contributed by atoms with Crippen molar-refractivity contribution in [2.24, 2.45) is 0 Å². The molecule has 1 aliphatic rings. The lowest BCUT2D eigenvalue weighted by Crippen LogP contribution is -2.36. The van der Waals surface area contributed by atoms with E-state index in [4.69, 9.17) is 4.74 Å². The molecule has 1 heterocycles. The van der Waals surface area contributed by atoms with Crippen LogP contribution >= 0.6 is 11.8 Å². The standard InChI is InChI=1S/C20H17FN2O5S/c1-2-28-16-8-12(6-7-15(16)24)9-17-19(26)23(20(27)29-17)11-18(25)22-14-5-3-4-13(21)10-14/h3-10,24H,2,11H2,1H3,(H,22,25)/b17-9+. The summed E-state index contributed by atoms with van der Waals surface area (Å²) in [6.45, 7) is 1.64. The molecule has 3 rings (SSSR count). The Bertz CT molecular complexity index is 1010. The quantitative estimate of drug-likeness (QED) is 0.699. The lowest BCUT2D eigenvalue weighted by Gasteiger charge is -2.12.